The number of cyclic esters (lactones) is 1. The summed E-state index contributed by atoms with van der Waals surface area (Å²) >= 11 is 6.13. The van der Waals surface area contributed by atoms with Gasteiger partial charge in [0.15, 0.2) is 0 Å². The molecule has 3 fully saturated rings. The topological polar surface area (TPSA) is 82.2 Å². The number of ether oxygens (including phenoxy) is 1. The second-order valence-corrected chi connectivity index (χ2v) is 10.3. The van der Waals surface area contributed by atoms with E-state index in [4.69, 9.17) is 16.3 Å². The molecule has 2 atom stereocenters. The second kappa shape index (κ2) is 10.5. The lowest BCUT2D eigenvalue weighted by Crippen LogP contribution is -2.51. The zero-order chi connectivity index (χ0) is 24.3. The molecular weight excluding hydrogens is 456 g/mol. The van der Waals surface area contributed by atoms with E-state index in [2.05, 4.69) is 21.2 Å². The number of benzene rings is 1. The Kier molecular flexibility index (Phi) is 7.67. The number of hydrogen-bond donors (Lipinski definition) is 1. The molecule has 9 heteroatoms. The number of nitrogens with one attached hydrogen (secondary N) is 1. The first-order valence-electron chi connectivity index (χ1n) is 12.3. The maximum Gasteiger partial charge on any atom is 0.312 e. The molecule has 1 N–H and O–H groups in total. The van der Waals surface area contributed by atoms with Crippen molar-refractivity contribution in [2.75, 3.05) is 50.7 Å². The third kappa shape index (κ3) is 5.66. The molecule has 3 heterocycles. The van der Waals surface area contributed by atoms with Crippen LogP contribution in [0.15, 0.2) is 24.3 Å². The fourth-order valence-electron chi connectivity index (χ4n) is 5.43. The molecule has 0 bridgehead atoms. The third-order valence-electron chi connectivity index (χ3n) is 7.46. The van der Waals surface area contributed by atoms with E-state index in [1.54, 1.807) is 11.8 Å². The Hall–Kier alpha value is -2.32. The number of esters is 1. The Morgan fingerprint density at radius 2 is 1.88 bits per heavy atom. The number of anilines is 1. The van der Waals surface area contributed by atoms with E-state index >= 15 is 0 Å². The summed E-state index contributed by atoms with van der Waals surface area (Å²) < 4.78 is 5.79. The maximum atomic E-state index is 12.8. The van der Waals surface area contributed by atoms with Gasteiger partial charge in [0.2, 0.25) is 11.8 Å². The van der Waals surface area contributed by atoms with E-state index in [-0.39, 0.29) is 23.9 Å². The fraction of sp³-hybridized carbons (Fsp3) is 0.640. The molecule has 0 aliphatic carbocycles. The third-order valence-corrected chi connectivity index (χ3v) is 7.70. The van der Waals surface area contributed by atoms with Gasteiger partial charge in [-0.15, -0.1) is 0 Å². The van der Waals surface area contributed by atoms with Crippen molar-refractivity contribution in [3.05, 3.63) is 29.3 Å². The predicted molar refractivity (Wildman–Crippen MR) is 131 cm³/mol. The van der Waals surface area contributed by atoms with Crippen molar-refractivity contribution in [3.63, 3.8) is 0 Å². The van der Waals surface area contributed by atoms with Gasteiger partial charge in [0.05, 0.1) is 5.41 Å². The molecule has 1 aromatic carbocycles. The van der Waals surface area contributed by atoms with E-state index < -0.39 is 11.5 Å². The molecule has 0 aromatic heterocycles. The number of piperidine rings is 1. The van der Waals surface area contributed by atoms with Crippen LogP contribution in [0.25, 0.3) is 0 Å². The van der Waals surface area contributed by atoms with E-state index in [1.165, 1.54) is 6.92 Å². The lowest BCUT2D eigenvalue weighted by molar-refractivity contribution is -0.153. The number of hydrogen-bond acceptors (Lipinski definition) is 6. The van der Waals surface area contributed by atoms with Gasteiger partial charge in [-0.2, -0.15) is 0 Å². The van der Waals surface area contributed by atoms with E-state index in [1.807, 2.05) is 18.2 Å². The van der Waals surface area contributed by atoms with Crippen LogP contribution in [0.1, 0.15) is 39.5 Å². The molecule has 1 spiro atoms. The maximum absolute atomic E-state index is 12.8. The fourth-order valence-corrected chi connectivity index (χ4v) is 5.62. The van der Waals surface area contributed by atoms with E-state index in [0.717, 1.165) is 56.3 Å². The van der Waals surface area contributed by atoms with Gasteiger partial charge in [0.1, 0.15) is 12.1 Å². The zero-order valence-electron chi connectivity index (χ0n) is 20.1. The predicted octanol–water partition coefficient (Wildman–Crippen LogP) is 2.30. The number of halogens is 1. The van der Waals surface area contributed by atoms with Crippen molar-refractivity contribution in [2.45, 2.75) is 51.7 Å². The molecule has 3 saturated heterocycles. The summed E-state index contributed by atoms with van der Waals surface area (Å²) in [5, 5.41) is 3.40. The lowest BCUT2D eigenvalue weighted by atomic mass is 9.75. The van der Waals surface area contributed by atoms with Gasteiger partial charge in [-0.05, 0) is 44.4 Å². The highest BCUT2D eigenvalue weighted by molar-refractivity contribution is 6.30. The quantitative estimate of drug-likeness (QED) is 0.616. The Balaban J connectivity index is 1.21. The van der Waals surface area contributed by atoms with Crippen LogP contribution in [0.5, 0.6) is 0 Å². The first kappa shape index (κ1) is 24.8. The van der Waals surface area contributed by atoms with Gasteiger partial charge < -0.3 is 19.9 Å². The summed E-state index contributed by atoms with van der Waals surface area (Å²) in [5.41, 5.74) is 0.694. The summed E-state index contributed by atoms with van der Waals surface area (Å²) in [6, 6.07) is 7.43. The van der Waals surface area contributed by atoms with E-state index in [0.29, 0.717) is 25.9 Å². The zero-order valence-corrected chi connectivity index (χ0v) is 20.9. The Morgan fingerprint density at radius 1 is 1.18 bits per heavy atom. The van der Waals surface area contributed by atoms with Crippen LogP contribution in [0, 0.1) is 5.41 Å². The van der Waals surface area contributed by atoms with Crippen LogP contribution in [0.2, 0.25) is 5.02 Å². The first-order valence-corrected chi connectivity index (χ1v) is 12.6. The molecule has 8 nitrogen and oxygen atoms in total. The van der Waals surface area contributed by atoms with Crippen molar-refractivity contribution in [1.82, 2.24) is 15.1 Å². The average molecular weight is 491 g/mol. The molecule has 0 radical (unpaired) electrons. The van der Waals surface area contributed by atoms with Crippen LogP contribution >= 0.6 is 11.6 Å². The number of nitrogens with zero attached hydrogens (tertiary/aromatic N) is 3. The summed E-state index contributed by atoms with van der Waals surface area (Å²) in [4.78, 5) is 43.1. The molecule has 1 aromatic rings. The van der Waals surface area contributed by atoms with Crippen LogP contribution < -0.4 is 10.2 Å². The van der Waals surface area contributed by atoms with Crippen LogP contribution in [-0.4, -0.2) is 85.5 Å². The molecule has 34 heavy (non-hydrogen) atoms. The van der Waals surface area contributed by atoms with Crippen molar-refractivity contribution < 1.29 is 19.1 Å². The molecule has 186 valence electrons. The van der Waals surface area contributed by atoms with Crippen LogP contribution in [0.4, 0.5) is 5.69 Å². The Labute approximate surface area is 206 Å². The average Bonchev–Trinajstić information content (AvgIpc) is 3.12. The number of rotatable bonds is 6. The molecule has 0 saturated carbocycles. The summed E-state index contributed by atoms with van der Waals surface area (Å²) in [6.45, 7) is 8.92. The number of likely N-dealkylation sites (tertiary alicyclic amines) is 1. The normalized spacial score (nSPS) is 23.6. The second-order valence-electron chi connectivity index (χ2n) is 9.86. The van der Waals surface area contributed by atoms with Crippen molar-refractivity contribution in [1.29, 1.82) is 0 Å². The summed E-state index contributed by atoms with van der Waals surface area (Å²) in [5.74, 6) is -0.419. The highest BCUT2D eigenvalue weighted by atomic mass is 35.5. The minimum Gasteiger partial charge on any atom is -0.462 e. The first-order chi connectivity index (χ1) is 16.3. The van der Waals surface area contributed by atoms with Crippen molar-refractivity contribution >= 4 is 35.1 Å². The number of piperazine rings is 1. The number of carbonyl (C=O) groups is 3. The highest BCUT2D eigenvalue weighted by Gasteiger charge is 2.50. The lowest BCUT2D eigenvalue weighted by Gasteiger charge is -2.37. The van der Waals surface area contributed by atoms with Gasteiger partial charge in [0.25, 0.3) is 0 Å². The molecule has 3 aliphatic heterocycles. The SMILES string of the molecule is CC(=O)N[C@@H](C)C(=O)N1CCC2(CC1)C[C@H](CCN1CCN(c3cccc(Cl)c3)CC1)OC2=O. The van der Waals surface area contributed by atoms with Gasteiger partial charge in [-0.3, -0.25) is 19.3 Å². The van der Waals surface area contributed by atoms with Crippen molar-refractivity contribution in [3.8, 4) is 0 Å². The largest absolute Gasteiger partial charge is 0.462 e. The summed E-state index contributed by atoms with van der Waals surface area (Å²) in [7, 11) is 0. The highest BCUT2D eigenvalue weighted by Crippen LogP contribution is 2.44. The van der Waals surface area contributed by atoms with Gasteiger partial charge in [0, 0.05) is 69.9 Å². The minimum atomic E-state index is -0.547. The number of amides is 2. The smallest absolute Gasteiger partial charge is 0.312 e. The Bertz CT molecular complexity index is 910. The van der Waals surface area contributed by atoms with Gasteiger partial charge in [-0.1, -0.05) is 17.7 Å². The minimum absolute atomic E-state index is 0.0565. The molecule has 2 amide bonds. The number of carbonyl (C=O) groups excluding carboxylic acids is 3. The summed E-state index contributed by atoms with van der Waals surface area (Å²) in [6.07, 6.45) is 2.77. The van der Waals surface area contributed by atoms with Crippen LogP contribution in [-0.2, 0) is 19.1 Å². The standard InChI is InChI=1S/C25H35ClN4O4/c1-18(27-19(2)31)23(32)30-10-7-25(8-11-30)17-22(34-24(25)33)6-9-28-12-14-29(15-13-28)21-5-3-4-20(26)16-21/h3-5,16,18,22H,6-15,17H2,1-2H3,(H,27,31)/t18-,22-/m0/s1. The van der Waals surface area contributed by atoms with E-state index in [9.17, 15) is 14.4 Å². The van der Waals surface area contributed by atoms with Gasteiger partial charge in [-0.25, -0.2) is 0 Å². The van der Waals surface area contributed by atoms with Gasteiger partial charge >= 0.3 is 5.97 Å². The molecule has 3 aliphatic rings. The molecule has 4 rings (SSSR count). The molecule has 0 unspecified atom stereocenters. The monoisotopic (exact) mass is 490 g/mol. The Morgan fingerprint density at radius 3 is 2.53 bits per heavy atom. The van der Waals surface area contributed by atoms with Crippen molar-refractivity contribution in [2.24, 2.45) is 5.41 Å². The van der Waals surface area contributed by atoms with Crippen LogP contribution in [0.3, 0.4) is 0 Å². The molecular formula is C25H35ClN4O4.